The molecule has 0 aliphatic carbocycles. The number of aliphatic carboxylic acids is 1. The topological polar surface area (TPSA) is 83.7 Å². The number of halogens is 1. The molecule has 0 saturated heterocycles. The van der Waals surface area contributed by atoms with E-state index in [1.165, 1.54) is 12.3 Å². The molecule has 0 aliphatic rings. The van der Waals surface area contributed by atoms with Crippen LogP contribution in [0, 0.1) is 5.82 Å². The fourth-order valence-electron chi connectivity index (χ4n) is 1.66. The van der Waals surface area contributed by atoms with Gasteiger partial charge in [0.2, 0.25) is 5.91 Å². The highest BCUT2D eigenvalue weighted by molar-refractivity contribution is 5.93. The van der Waals surface area contributed by atoms with Crippen molar-refractivity contribution in [1.82, 2.24) is 14.7 Å². The van der Waals surface area contributed by atoms with Crippen molar-refractivity contribution in [2.45, 2.75) is 6.42 Å². The van der Waals surface area contributed by atoms with Gasteiger partial charge in [0.1, 0.15) is 11.5 Å². The van der Waals surface area contributed by atoms with Crippen LogP contribution in [0.1, 0.15) is 5.69 Å². The maximum atomic E-state index is 13.0. The van der Waals surface area contributed by atoms with Crippen LogP contribution in [-0.4, -0.2) is 32.9 Å². The van der Waals surface area contributed by atoms with Crippen LogP contribution < -0.4 is 5.32 Å². The van der Waals surface area contributed by atoms with E-state index in [1.54, 1.807) is 16.7 Å². The zero-order chi connectivity index (χ0) is 14.5. The number of nitrogens with one attached hydrogen (secondary N) is 1. The Bertz CT molecular complexity index is 679. The number of carbonyl (C=O) groups excluding carboxylic acids is 1. The number of carboxylic acid groups (broad SMARTS) is 1. The van der Waals surface area contributed by atoms with Crippen LogP contribution in [0.25, 0.3) is 5.65 Å². The number of imidazole rings is 1. The average Bonchev–Trinajstić information content (AvgIpc) is 2.78. The summed E-state index contributed by atoms with van der Waals surface area (Å²) >= 11 is 0. The Morgan fingerprint density at radius 1 is 1.35 bits per heavy atom. The van der Waals surface area contributed by atoms with Crippen LogP contribution in [0.2, 0.25) is 0 Å². The standard InChI is InChI=1S/C13H12FN3O3/c14-9-1-2-11-16-10(8-17(11)7-9)5-6-15-12(18)3-4-13(19)20/h1-4,7-8H,5-6H2,(H,15,18)(H,19,20)/b4-3+. The smallest absolute Gasteiger partial charge is 0.328 e. The molecule has 0 fully saturated rings. The molecule has 2 N–H and O–H groups in total. The highest BCUT2D eigenvalue weighted by Gasteiger charge is 2.03. The van der Waals surface area contributed by atoms with Gasteiger partial charge in [-0.25, -0.2) is 14.2 Å². The van der Waals surface area contributed by atoms with Gasteiger partial charge in [0, 0.05) is 37.5 Å². The fraction of sp³-hybridized carbons (Fsp3) is 0.154. The number of fused-ring (bicyclic) bond motifs is 1. The molecule has 104 valence electrons. The molecule has 0 aromatic carbocycles. The molecule has 0 atom stereocenters. The maximum Gasteiger partial charge on any atom is 0.328 e. The summed E-state index contributed by atoms with van der Waals surface area (Å²) in [4.78, 5) is 25.7. The molecule has 6 nitrogen and oxygen atoms in total. The van der Waals surface area contributed by atoms with E-state index in [9.17, 15) is 14.0 Å². The number of nitrogens with zero attached hydrogens (tertiary/aromatic N) is 2. The first-order chi connectivity index (χ1) is 9.54. The second kappa shape index (κ2) is 5.96. The van der Waals surface area contributed by atoms with Crippen molar-refractivity contribution in [3.8, 4) is 0 Å². The van der Waals surface area contributed by atoms with Crippen molar-refractivity contribution in [2.24, 2.45) is 0 Å². The highest BCUT2D eigenvalue weighted by Crippen LogP contribution is 2.07. The summed E-state index contributed by atoms with van der Waals surface area (Å²) in [5.41, 5.74) is 1.33. The van der Waals surface area contributed by atoms with E-state index in [-0.39, 0.29) is 5.82 Å². The van der Waals surface area contributed by atoms with Crippen LogP contribution >= 0.6 is 0 Å². The first-order valence-corrected chi connectivity index (χ1v) is 5.86. The van der Waals surface area contributed by atoms with E-state index >= 15 is 0 Å². The van der Waals surface area contributed by atoms with Crippen molar-refractivity contribution in [1.29, 1.82) is 0 Å². The third kappa shape index (κ3) is 3.64. The highest BCUT2D eigenvalue weighted by atomic mass is 19.1. The summed E-state index contributed by atoms with van der Waals surface area (Å²) < 4.78 is 14.6. The summed E-state index contributed by atoms with van der Waals surface area (Å²) in [5.74, 6) is -2.02. The summed E-state index contributed by atoms with van der Waals surface area (Å²) in [5, 5.41) is 10.9. The van der Waals surface area contributed by atoms with Crippen molar-refractivity contribution in [3.63, 3.8) is 0 Å². The van der Waals surface area contributed by atoms with E-state index in [0.717, 1.165) is 12.2 Å². The number of carboxylic acids is 1. The normalized spacial score (nSPS) is 11.1. The third-order valence-electron chi connectivity index (χ3n) is 2.52. The molecule has 0 radical (unpaired) electrons. The van der Waals surface area contributed by atoms with Crippen molar-refractivity contribution >= 4 is 17.5 Å². The lowest BCUT2D eigenvalue weighted by Gasteiger charge is -1.98. The predicted octanol–water partition coefficient (Wildman–Crippen LogP) is 0.773. The van der Waals surface area contributed by atoms with E-state index in [2.05, 4.69) is 10.3 Å². The number of amides is 1. The quantitative estimate of drug-likeness (QED) is 0.791. The summed E-state index contributed by atoms with van der Waals surface area (Å²) in [7, 11) is 0. The molecule has 0 unspecified atom stereocenters. The number of pyridine rings is 1. The van der Waals surface area contributed by atoms with Crippen LogP contribution in [0.3, 0.4) is 0 Å². The van der Waals surface area contributed by atoms with Crippen LogP contribution in [0.5, 0.6) is 0 Å². The first-order valence-electron chi connectivity index (χ1n) is 5.86. The van der Waals surface area contributed by atoms with Gasteiger partial charge in [0.15, 0.2) is 0 Å². The Hall–Kier alpha value is -2.70. The molecule has 2 aromatic heterocycles. The lowest BCUT2D eigenvalue weighted by Crippen LogP contribution is -2.23. The van der Waals surface area contributed by atoms with Gasteiger partial charge in [-0.3, -0.25) is 4.79 Å². The first kappa shape index (κ1) is 13.7. The zero-order valence-corrected chi connectivity index (χ0v) is 10.4. The zero-order valence-electron chi connectivity index (χ0n) is 10.4. The largest absolute Gasteiger partial charge is 0.478 e. The number of hydrogen-bond donors (Lipinski definition) is 2. The Morgan fingerprint density at radius 3 is 2.90 bits per heavy atom. The van der Waals surface area contributed by atoms with E-state index < -0.39 is 11.9 Å². The number of carbonyl (C=O) groups is 2. The van der Waals surface area contributed by atoms with Crippen molar-refractivity contribution in [3.05, 3.63) is 48.2 Å². The van der Waals surface area contributed by atoms with Crippen LogP contribution in [-0.2, 0) is 16.0 Å². The van der Waals surface area contributed by atoms with E-state index in [1.807, 2.05) is 0 Å². The summed E-state index contributed by atoms with van der Waals surface area (Å²) in [6.45, 7) is 0.315. The molecule has 2 heterocycles. The number of aromatic nitrogens is 2. The second-order valence-electron chi connectivity index (χ2n) is 4.06. The average molecular weight is 277 g/mol. The predicted molar refractivity (Wildman–Crippen MR) is 68.6 cm³/mol. The monoisotopic (exact) mass is 277 g/mol. The van der Waals surface area contributed by atoms with E-state index in [4.69, 9.17) is 5.11 Å². The van der Waals surface area contributed by atoms with Gasteiger partial charge >= 0.3 is 5.97 Å². The van der Waals surface area contributed by atoms with Gasteiger partial charge in [-0.15, -0.1) is 0 Å². The molecule has 7 heteroatoms. The molecule has 0 bridgehead atoms. The molecule has 2 rings (SSSR count). The van der Waals surface area contributed by atoms with E-state index in [0.29, 0.717) is 24.3 Å². The molecule has 0 saturated carbocycles. The minimum Gasteiger partial charge on any atom is -0.478 e. The van der Waals surface area contributed by atoms with Gasteiger partial charge in [-0.05, 0) is 12.1 Å². The van der Waals surface area contributed by atoms with Crippen molar-refractivity contribution in [2.75, 3.05) is 6.54 Å². The summed E-state index contributed by atoms with van der Waals surface area (Å²) in [6.07, 6.45) is 5.18. The second-order valence-corrected chi connectivity index (χ2v) is 4.06. The van der Waals surface area contributed by atoms with Crippen LogP contribution in [0.15, 0.2) is 36.7 Å². The molecule has 20 heavy (non-hydrogen) atoms. The third-order valence-corrected chi connectivity index (χ3v) is 2.52. The lowest BCUT2D eigenvalue weighted by atomic mass is 10.3. The maximum absolute atomic E-state index is 13.0. The van der Waals surface area contributed by atoms with Crippen molar-refractivity contribution < 1.29 is 19.1 Å². The molecule has 1 amide bonds. The fourth-order valence-corrected chi connectivity index (χ4v) is 1.66. The summed E-state index contributed by atoms with van der Waals surface area (Å²) in [6, 6.07) is 2.89. The Balaban J connectivity index is 1.90. The Kier molecular flexibility index (Phi) is 4.09. The Morgan fingerprint density at radius 2 is 2.15 bits per heavy atom. The van der Waals surface area contributed by atoms with Crippen LogP contribution in [0.4, 0.5) is 4.39 Å². The number of rotatable bonds is 5. The minimum absolute atomic E-state index is 0.315. The molecular formula is C13H12FN3O3. The van der Waals surface area contributed by atoms with Gasteiger partial charge in [-0.2, -0.15) is 0 Å². The van der Waals surface area contributed by atoms with Gasteiger partial charge < -0.3 is 14.8 Å². The lowest BCUT2D eigenvalue weighted by molar-refractivity contribution is -0.131. The van der Waals surface area contributed by atoms with Gasteiger partial charge in [0.05, 0.1) is 5.69 Å². The molecule has 0 aliphatic heterocycles. The number of hydrogen-bond acceptors (Lipinski definition) is 3. The molecule has 0 spiro atoms. The van der Waals surface area contributed by atoms with Gasteiger partial charge in [-0.1, -0.05) is 0 Å². The minimum atomic E-state index is -1.18. The SMILES string of the molecule is O=C(O)/C=C/C(=O)NCCc1cn2cc(F)ccc2n1. The molecular weight excluding hydrogens is 265 g/mol. The Labute approximate surface area is 113 Å². The molecule has 2 aromatic rings. The van der Waals surface area contributed by atoms with Gasteiger partial charge in [0.25, 0.3) is 0 Å².